The highest BCUT2D eigenvalue weighted by Crippen LogP contribution is 2.22. The first-order valence-electron chi connectivity index (χ1n) is 10.4. The van der Waals surface area contributed by atoms with Crippen LogP contribution in [0.15, 0.2) is 66.7 Å². The van der Waals surface area contributed by atoms with Crippen LogP contribution in [-0.2, 0) is 13.0 Å². The number of nitrogens with one attached hydrogen (secondary N) is 1. The lowest BCUT2D eigenvalue weighted by Crippen LogP contribution is -2.30. The standard InChI is InChI=1S/C26H29N3O/c1-18-8-10-21(11-9-18)15-23(17-30)29-25-7-5-4-6-24(25)28(26(29)27)16-22-13-19(2)12-20(3)14-22/h4-14,23,27,30H,15-17H2,1-3H3. The summed E-state index contributed by atoms with van der Waals surface area (Å²) in [5.41, 5.74) is 8.45. The van der Waals surface area contributed by atoms with Gasteiger partial charge in [-0.2, -0.15) is 0 Å². The molecule has 1 heterocycles. The van der Waals surface area contributed by atoms with Gasteiger partial charge in [0.1, 0.15) is 0 Å². The second-order valence-electron chi connectivity index (χ2n) is 8.29. The molecule has 30 heavy (non-hydrogen) atoms. The van der Waals surface area contributed by atoms with Crippen LogP contribution in [0.2, 0.25) is 0 Å². The highest BCUT2D eigenvalue weighted by molar-refractivity contribution is 5.76. The number of aromatic nitrogens is 2. The fraction of sp³-hybridized carbons (Fsp3) is 0.269. The van der Waals surface area contributed by atoms with Crippen molar-refractivity contribution in [3.05, 3.63) is 100 Å². The summed E-state index contributed by atoms with van der Waals surface area (Å²) in [6.45, 7) is 6.91. The van der Waals surface area contributed by atoms with Crippen molar-refractivity contribution in [2.45, 2.75) is 39.8 Å². The molecule has 0 aliphatic heterocycles. The zero-order chi connectivity index (χ0) is 21.3. The maximum absolute atomic E-state index is 10.2. The van der Waals surface area contributed by atoms with Gasteiger partial charge >= 0.3 is 0 Å². The number of rotatable bonds is 6. The van der Waals surface area contributed by atoms with E-state index in [1.165, 1.54) is 22.3 Å². The first kappa shape index (κ1) is 20.2. The Hall–Kier alpha value is -3.11. The second kappa shape index (κ2) is 8.33. The summed E-state index contributed by atoms with van der Waals surface area (Å²) in [6, 6.07) is 22.9. The minimum Gasteiger partial charge on any atom is -0.394 e. The van der Waals surface area contributed by atoms with Gasteiger partial charge in [-0.25, -0.2) is 0 Å². The SMILES string of the molecule is Cc1ccc(CC(CO)n2c(=N)n(Cc3cc(C)cc(C)c3)c3ccccc32)cc1. The van der Waals surface area contributed by atoms with E-state index in [-0.39, 0.29) is 12.6 Å². The number of aliphatic hydroxyl groups excluding tert-OH is 1. The number of fused-ring (bicyclic) bond motifs is 1. The van der Waals surface area contributed by atoms with E-state index in [4.69, 9.17) is 5.41 Å². The van der Waals surface area contributed by atoms with Crippen LogP contribution in [0.25, 0.3) is 11.0 Å². The molecule has 0 radical (unpaired) electrons. The fourth-order valence-electron chi connectivity index (χ4n) is 4.36. The minimum atomic E-state index is -0.189. The number of benzene rings is 3. The third-order valence-electron chi connectivity index (χ3n) is 5.71. The zero-order valence-corrected chi connectivity index (χ0v) is 17.9. The maximum atomic E-state index is 10.2. The molecule has 0 saturated carbocycles. The molecule has 4 heteroatoms. The summed E-state index contributed by atoms with van der Waals surface area (Å²) in [5, 5.41) is 19.2. The molecule has 4 nitrogen and oxygen atoms in total. The van der Waals surface area contributed by atoms with Gasteiger partial charge in [0.2, 0.25) is 5.62 Å². The number of aryl methyl sites for hydroxylation is 3. The van der Waals surface area contributed by atoms with Crippen molar-refractivity contribution in [1.82, 2.24) is 9.13 Å². The molecular weight excluding hydrogens is 370 g/mol. The van der Waals surface area contributed by atoms with E-state index in [2.05, 4.69) is 69.3 Å². The van der Waals surface area contributed by atoms with Crippen LogP contribution < -0.4 is 5.62 Å². The van der Waals surface area contributed by atoms with Gasteiger partial charge in [-0.15, -0.1) is 0 Å². The van der Waals surface area contributed by atoms with E-state index >= 15 is 0 Å². The lowest BCUT2D eigenvalue weighted by Gasteiger charge is -2.17. The Balaban J connectivity index is 1.79. The molecule has 154 valence electrons. The summed E-state index contributed by atoms with van der Waals surface area (Å²) < 4.78 is 4.03. The molecule has 0 amide bonds. The fourth-order valence-corrected chi connectivity index (χ4v) is 4.36. The molecule has 1 atom stereocenters. The molecule has 0 aliphatic rings. The molecule has 0 fully saturated rings. The molecule has 0 bridgehead atoms. The van der Waals surface area contributed by atoms with Crippen LogP contribution >= 0.6 is 0 Å². The predicted molar refractivity (Wildman–Crippen MR) is 122 cm³/mol. The molecule has 2 N–H and O–H groups in total. The van der Waals surface area contributed by atoms with Crippen LogP contribution in [-0.4, -0.2) is 20.8 Å². The smallest absolute Gasteiger partial charge is 0.203 e. The Morgan fingerprint density at radius 2 is 1.43 bits per heavy atom. The van der Waals surface area contributed by atoms with Crippen molar-refractivity contribution in [1.29, 1.82) is 5.41 Å². The molecule has 0 saturated heterocycles. The molecular formula is C26H29N3O. The van der Waals surface area contributed by atoms with Crippen LogP contribution in [0, 0.1) is 26.2 Å². The van der Waals surface area contributed by atoms with Gasteiger partial charge in [0, 0.05) is 0 Å². The third kappa shape index (κ3) is 3.96. The molecule has 3 aromatic carbocycles. The van der Waals surface area contributed by atoms with E-state index in [1.807, 2.05) is 27.3 Å². The van der Waals surface area contributed by atoms with Crippen molar-refractivity contribution in [3.8, 4) is 0 Å². The maximum Gasteiger partial charge on any atom is 0.203 e. The first-order valence-corrected chi connectivity index (χ1v) is 10.4. The van der Waals surface area contributed by atoms with Gasteiger partial charge in [-0.05, 0) is 50.5 Å². The molecule has 4 aromatic rings. The molecule has 1 aromatic heterocycles. The van der Waals surface area contributed by atoms with E-state index in [1.54, 1.807) is 0 Å². The van der Waals surface area contributed by atoms with Crippen LogP contribution in [0.3, 0.4) is 0 Å². The number of hydrogen-bond donors (Lipinski definition) is 2. The minimum absolute atomic E-state index is 0.0119. The van der Waals surface area contributed by atoms with Crippen molar-refractivity contribution in [2.24, 2.45) is 0 Å². The molecule has 4 rings (SSSR count). The Labute approximate surface area is 177 Å². The molecule has 0 aliphatic carbocycles. The summed E-state index contributed by atoms with van der Waals surface area (Å²) >= 11 is 0. The summed E-state index contributed by atoms with van der Waals surface area (Å²) in [5.74, 6) is 0. The lowest BCUT2D eigenvalue weighted by atomic mass is 10.0. The summed E-state index contributed by atoms with van der Waals surface area (Å²) in [6.07, 6.45) is 0.685. The molecule has 0 spiro atoms. The monoisotopic (exact) mass is 399 g/mol. The van der Waals surface area contributed by atoms with E-state index in [0.717, 1.165) is 16.6 Å². The number of imidazole rings is 1. The highest BCUT2D eigenvalue weighted by atomic mass is 16.3. The van der Waals surface area contributed by atoms with Crippen LogP contribution in [0.4, 0.5) is 0 Å². The number of aliphatic hydroxyl groups is 1. The normalized spacial score (nSPS) is 12.4. The van der Waals surface area contributed by atoms with Gasteiger partial charge < -0.3 is 14.2 Å². The topological polar surface area (TPSA) is 53.9 Å². The second-order valence-corrected chi connectivity index (χ2v) is 8.29. The van der Waals surface area contributed by atoms with Gasteiger partial charge in [0.05, 0.1) is 30.2 Å². The molecule has 1 unspecified atom stereocenters. The van der Waals surface area contributed by atoms with E-state index in [0.29, 0.717) is 18.6 Å². The van der Waals surface area contributed by atoms with Crippen molar-refractivity contribution in [2.75, 3.05) is 6.61 Å². The van der Waals surface area contributed by atoms with Gasteiger partial charge in [0.15, 0.2) is 0 Å². The Bertz CT molecular complexity index is 1210. The van der Waals surface area contributed by atoms with Crippen LogP contribution in [0.1, 0.15) is 33.9 Å². The first-order chi connectivity index (χ1) is 14.5. The van der Waals surface area contributed by atoms with Gasteiger partial charge in [-0.1, -0.05) is 71.3 Å². The zero-order valence-electron chi connectivity index (χ0n) is 17.9. The predicted octanol–water partition coefficient (Wildman–Crippen LogP) is 4.67. The van der Waals surface area contributed by atoms with Crippen molar-refractivity contribution < 1.29 is 5.11 Å². The quantitative estimate of drug-likeness (QED) is 0.486. The van der Waals surface area contributed by atoms with Gasteiger partial charge in [0.25, 0.3) is 0 Å². The summed E-state index contributed by atoms with van der Waals surface area (Å²) in [4.78, 5) is 0. The Morgan fingerprint density at radius 3 is 2.07 bits per heavy atom. The average molecular weight is 400 g/mol. The van der Waals surface area contributed by atoms with Gasteiger partial charge in [-0.3, -0.25) is 5.41 Å². The van der Waals surface area contributed by atoms with E-state index < -0.39 is 0 Å². The average Bonchev–Trinajstić information content (AvgIpc) is 2.99. The van der Waals surface area contributed by atoms with Crippen molar-refractivity contribution >= 4 is 11.0 Å². The van der Waals surface area contributed by atoms with E-state index in [9.17, 15) is 5.11 Å². The van der Waals surface area contributed by atoms with Crippen molar-refractivity contribution in [3.63, 3.8) is 0 Å². The number of nitrogens with zero attached hydrogens (tertiary/aromatic N) is 2. The number of para-hydroxylation sites is 2. The van der Waals surface area contributed by atoms with Crippen LogP contribution in [0.5, 0.6) is 0 Å². The summed E-state index contributed by atoms with van der Waals surface area (Å²) in [7, 11) is 0. The third-order valence-corrected chi connectivity index (χ3v) is 5.71. The Kier molecular flexibility index (Phi) is 5.60. The lowest BCUT2D eigenvalue weighted by molar-refractivity contribution is 0.225. The highest BCUT2D eigenvalue weighted by Gasteiger charge is 2.19. The largest absolute Gasteiger partial charge is 0.394 e. The Morgan fingerprint density at radius 1 is 0.800 bits per heavy atom. The number of hydrogen-bond acceptors (Lipinski definition) is 2.